The number of amides is 2. The molecule has 1 aliphatic carbocycles. The standard InChI is InChI=1S/C13H22N2O2/c1-3-12(4-2)8-10(16)15(11(12)17)9-13(14)6-5-7-13/h3-9,14H2,1-2H3. The van der Waals surface area contributed by atoms with Crippen molar-refractivity contribution in [3.05, 3.63) is 0 Å². The molecule has 0 aromatic heterocycles. The highest BCUT2D eigenvalue weighted by Gasteiger charge is 2.51. The molecule has 1 heterocycles. The Hall–Kier alpha value is -0.900. The highest BCUT2D eigenvalue weighted by atomic mass is 16.2. The predicted molar refractivity (Wildman–Crippen MR) is 65.1 cm³/mol. The first kappa shape index (κ1) is 12.6. The summed E-state index contributed by atoms with van der Waals surface area (Å²) in [6.45, 7) is 4.39. The minimum absolute atomic E-state index is 0.00391. The van der Waals surface area contributed by atoms with Crippen LogP contribution in [0.2, 0.25) is 0 Å². The summed E-state index contributed by atoms with van der Waals surface area (Å²) in [4.78, 5) is 25.8. The van der Waals surface area contributed by atoms with E-state index < -0.39 is 5.41 Å². The average Bonchev–Trinajstić information content (AvgIpc) is 2.51. The van der Waals surface area contributed by atoms with Crippen molar-refractivity contribution < 1.29 is 9.59 Å². The lowest BCUT2D eigenvalue weighted by molar-refractivity contribution is -0.143. The van der Waals surface area contributed by atoms with Gasteiger partial charge in [-0.15, -0.1) is 0 Å². The molecule has 2 rings (SSSR count). The number of nitrogens with zero attached hydrogens (tertiary/aromatic N) is 1. The number of likely N-dealkylation sites (tertiary alicyclic amines) is 1. The zero-order valence-electron chi connectivity index (χ0n) is 10.8. The Kier molecular flexibility index (Phi) is 3.02. The summed E-state index contributed by atoms with van der Waals surface area (Å²) in [5.74, 6) is -0.0281. The van der Waals surface area contributed by atoms with Crippen molar-refractivity contribution >= 4 is 11.8 Å². The van der Waals surface area contributed by atoms with Gasteiger partial charge in [0.1, 0.15) is 0 Å². The van der Waals surface area contributed by atoms with Crippen molar-refractivity contribution in [2.24, 2.45) is 11.1 Å². The largest absolute Gasteiger partial charge is 0.324 e. The molecule has 2 amide bonds. The van der Waals surface area contributed by atoms with Crippen LogP contribution in [-0.4, -0.2) is 28.8 Å². The van der Waals surface area contributed by atoms with Crippen molar-refractivity contribution in [1.29, 1.82) is 0 Å². The number of carbonyl (C=O) groups is 2. The van der Waals surface area contributed by atoms with Crippen LogP contribution in [0.1, 0.15) is 52.4 Å². The lowest BCUT2D eigenvalue weighted by Crippen LogP contribution is -2.56. The highest BCUT2D eigenvalue weighted by molar-refractivity contribution is 6.05. The lowest BCUT2D eigenvalue weighted by Gasteiger charge is -2.40. The second kappa shape index (κ2) is 4.09. The summed E-state index contributed by atoms with van der Waals surface area (Å²) < 4.78 is 0. The Bertz CT molecular complexity index is 343. The van der Waals surface area contributed by atoms with Gasteiger partial charge in [-0.2, -0.15) is 0 Å². The van der Waals surface area contributed by atoms with E-state index in [0.29, 0.717) is 13.0 Å². The van der Waals surface area contributed by atoms with Gasteiger partial charge < -0.3 is 5.73 Å². The summed E-state index contributed by atoms with van der Waals surface area (Å²) in [5.41, 5.74) is 5.38. The third kappa shape index (κ3) is 1.88. The number of imide groups is 1. The maximum absolute atomic E-state index is 12.4. The van der Waals surface area contributed by atoms with Crippen molar-refractivity contribution in [2.75, 3.05) is 6.54 Å². The van der Waals surface area contributed by atoms with Crippen molar-refractivity contribution in [3.63, 3.8) is 0 Å². The van der Waals surface area contributed by atoms with Gasteiger partial charge in [0.2, 0.25) is 11.8 Å². The van der Waals surface area contributed by atoms with E-state index in [4.69, 9.17) is 5.73 Å². The number of rotatable bonds is 4. The molecular weight excluding hydrogens is 216 g/mol. The van der Waals surface area contributed by atoms with Gasteiger partial charge in [0, 0.05) is 18.5 Å². The third-order valence-corrected chi connectivity index (χ3v) is 4.67. The molecule has 2 N–H and O–H groups in total. The van der Waals surface area contributed by atoms with Crippen LogP contribution in [0.4, 0.5) is 0 Å². The molecule has 2 aliphatic rings. The van der Waals surface area contributed by atoms with Crippen LogP contribution in [0.25, 0.3) is 0 Å². The van der Waals surface area contributed by atoms with Gasteiger partial charge in [0.15, 0.2) is 0 Å². The fraction of sp³-hybridized carbons (Fsp3) is 0.846. The van der Waals surface area contributed by atoms with Gasteiger partial charge in [-0.3, -0.25) is 14.5 Å². The van der Waals surface area contributed by atoms with Crippen LogP contribution in [-0.2, 0) is 9.59 Å². The molecule has 96 valence electrons. The van der Waals surface area contributed by atoms with Gasteiger partial charge in [-0.05, 0) is 32.1 Å². The Morgan fingerprint density at radius 2 is 1.82 bits per heavy atom. The van der Waals surface area contributed by atoms with Crippen LogP contribution >= 0.6 is 0 Å². The monoisotopic (exact) mass is 238 g/mol. The van der Waals surface area contributed by atoms with Crippen molar-refractivity contribution in [3.8, 4) is 0 Å². The van der Waals surface area contributed by atoms with Crippen LogP contribution in [0, 0.1) is 5.41 Å². The van der Waals surface area contributed by atoms with E-state index in [1.165, 1.54) is 4.90 Å². The van der Waals surface area contributed by atoms with E-state index in [-0.39, 0.29) is 17.4 Å². The quantitative estimate of drug-likeness (QED) is 0.754. The number of hydrogen-bond donors (Lipinski definition) is 1. The van der Waals surface area contributed by atoms with Gasteiger partial charge in [-0.25, -0.2) is 0 Å². The zero-order valence-corrected chi connectivity index (χ0v) is 10.8. The van der Waals surface area contributed by atoms with Gasteiger partial charge in [0.25, 0.3) is 0 Å². The minimum Gasteiger partial charge on any atom is -0.324 e. The Morgan fingerprint density at radius 1 is 1.24 bits per heavy atom. The first-order chi connectivity index (χ1) is 7.96. The first-order valence-corrected chi connectivity index (χ1v) is 6.60. The molecule has 0 aromatic rings. The molecule has 0 atom stereocenters. The topological polar surface area (TPSA) is 63.4 Å². The van der Waals surface area contributed by atoms with E-state index in [0.717, 1.165) is 32.1 Å². The zero-order chi connectivity index (χ0) is 12.7. The smallest absolute Gasteiger partial charge is 0.235 e. The Morgan fingerprint density at radius 3 is 2.18 bits per heavy atom. The molecule has 0 unspecified atom stereocenters. The summed E-state index contributed by atoms with van der Waals surface area (Å²) in [6, 6.07) is 0. The Balaban J connectivity index is 2.14. The van der Waals surface area contributed by atoms with Gasteiger partial charge in [-0.1, -0.05) is 13.8 Å². The van der Waals surface area contributed by atoms with Gasteiger partial charge in [0.05, 0.1) is 5.41 Å². The fourth-order valence-electron chi connectivity index (χ4n) is 2.93. The second-order valence-electron chi connectivity index (χ2n) is 5.67. The molecule has 1 saturated heterocycles. The Labute approximate surface area is 103 Å². The molecular formula is C13H22N2O2. The van der Waals surface area contributed by atoms with Crippen LogP contribution in [0.15, 0.2) is 0 Å². The molecule has 1 saturated carbocycles. The van der Waals surface area contributed by atoms with E-state index in [1.807, 2.05) is 13.8 Å². The van der Waals surface area contributed by atoms with Gasteiger partial charge >= 0.3 is 0 Å². The van der Waals surface area contributed by atoms with Crippen LogP contribution < -0.4 is 5.73 Å². The number of hydrogen-bond acceptors (Lipinski definition) is 3. The van der Waals surface area contributed by atoms with E-state index in [9.17, 15) is 9.59 Å². The van der Waals surface area contributed by atoms with E-state index in [1.54, 1.807) is 0 Å². The third-order valence-electron chi connectivity index (χ3n) is 4.67. The normalized spacial score (nSPS) is 26.2. The van der Waals surface area contributed by atoms with E-state index in [2.05, 4.69) is 0 Å². The van der Waals surface area contributed by atoms with Crippen LogP contribution in [0.5, 0.6) is 0 Å². The SMILES string of the molecule is CCC1(CC)CC(=O)N(CC2(N)CCC2)C1=O. The van der Waals surface area contributed by atoms with Crippen LogP contribution in [0.3, 0.4) is 0 Å². The molecule has 17 heavy (non-hydrogen) atoms. The molecule has 0 bridgehead atoms. The predicted octanol–water partition coefficient (Wildman–Crippen LogP) is 1.43. The molecule has 4 heteroatoms. The fourth-order valence-corrected chi connectivity index (χ4v) is 2.93. The highest BCUT2D eigenvalue weighted by Crippen LogP contribution is 2.41. The van der Waals surface area contributed by atoms with Crippen molar-refractivity contribution in [2.45, 2.75) is 57.9 Å². The maximum Gasteiger partial charge on any atom is 0.235 e. The molecule has 1 aliphatic heterocycles. The summed E-state index contributed by atoms with van der Waals surface area (Å²) in [6.07, 6.45) is 4.81. The minimum atomic E-state index is -0.447. The molecule has 0 spiro atoms. The molecule has 2 fully saturated rings. The number of nitrogens with two attached hydrogens (primary N) is 1. The lowest BCUT2D eigenvalue weighted by atomic mass is 9.77. The summed E-state index contributed by atoms with van der Waals surface area (Å²) in [5, 5.41) is 0. The maximum atomic E-state index is 12.4. The second-order valence-corrected chi connectivity index (χ2v) is 5.67. The molecule has 0 radical (unpaired) electrons. The first-order valence-electron chi connectivity index (χ1n) is 6.60. The summed E-state index contributed by atoms with van der Waals surface area (Å²) in [7, 11) is 0. The van der Waals surface area contributed by atoms with E-state index >= 15 is 0 Å². The van der Waals surface area contributed by atoms with Crippen molar-refractivity contribution in [1.82, 2.24) is 4.90 Å². The molecule has 0 aromatic carbocycles. The average molecular weight is 238 g/mol. The molecule has 4 nitrogen and oxygen atoms in total. The summed E-state index contributed by atoms with van der Waals surface area (Å²) >= 11 is 0. The number of carbonyl (C=O) groups excluding carboxylic acids is 2.